The first-order valence-electron chi connectivity index (χ1n) is 8.02. The maximum atomic E-state index is 13.0. The Bertz CT molecular complexity index is 809. The van der Waals surface area contributed by atoms with Crippen LogP contribution in [0, 0.1) is 11.3 Å². The van der Waals surface area contributed by atoms with Crippen LogP contribution < -0.4 is 0 Å². The van der Waals surface area contributed by atoms with Gasteiger partial charge in [-0.05, 0) is 31.4 Å². The number of nitrogens with zero attached hydrogens (tertiary/aromatic N) is 3. The van der Waals surface area contributed by atoms with Crippen molar-refractivity contribution in [1.29, 1.82) is 5.26 Å². The van der Waals surface area contributed by atoms with Crippen molar-refractivity contribution in [3.63, 3.8) is 0 Å². The highest BCUT2D eigenvalue weighted by molar-refractivity contribution is 6.31. The molecule has 1 unspecified atom stereocenters. The molecule has 2 heterocycles. The number of unbranched alkanes of at least 4 members (excludes halogenated alkanes) is 1. The highest BCUT2D eigenvalue weighted by Crippen LogP contribution is 2.42. The molecule has 1 atom stereocenters. The molecule has 6 heteroatoms. The van der Waals surface area contributed by atoms with E-state index >= 15 is 0 Å². The molecule has 5 nitrogen and oxygen atoms in total. The number of esters is 1. The van der Waals surface area contributed by atoms with Crippen molar-refractivity contribution in [3.8, 4) is 6.07 Å². The van der Waals surface area contributed by atoms with Crippen molar-refractivity contribution >= 4 is 17.6 Å². The minimum atomic E-state index is -1.01. The number of halogens is 1. The molecule has 1 aliphatic heterocycles. The summed E-state index contributed by atoms with van der Waals surface area (Å²) < 4.78 is 7.41. The molecule has 0 bridgehead atoms. The van der Waals surface area contributed by atoms with E-state index in [1.807, 2.05) is 11.5 Å². The molecule has 1 aliphatic rings. The molecule has 2 aromatic rings. The third kappa shape index (κ3) is 2.57. The van der Waals surface area contributed by atoms with Gasteiger partial charge in [0.2, 0.25) is 0 Å². The molecule has 0 N–H and O–H groups in total. The standard InChI is InChI=1S/C18H18ClN3O2/c1-2-3-8-24-17(23)18(7-6-14-11-21-12-22(14)18)15-5-4-13(10-20)9-16(15)19/h4-5,9,11-12H,2-3,6-8H2,1H3. The molecule has 3 rings (SSSR count). The summed E-state index contributed by atoms with van der Waals surface area (Å²) in [6.07, 6.45) is 6.48. The van der Waals surface area contributed by atoms with Crippen molar-refractivity contribution in [1.82, 2.24) is 9.55 Å². The average Bonchev–Trinajstić information content (AvgIpc) is 3.18. The molecule has 0 radical (unpaired) electrons. The quantitative estimate of drug-likeness (QED) is 0.616. The van der Waals surface area contributed by atoms with Gasteiger partial charge >= 0.3 is 5.97 Å². The molecular formula is C18H18ClN3O2. The Morgan fingerprint density at radius 1 is 1.54 bits per heavy atom. The minimum absolute atomic E-state index is 0.320. The molecule has 0 aliphatic carbocycles. The number of benzene rings is 1. The number of hydrogen-bond donors (Lipinski definition) is 0. The van der Waals surface area contributed by atoms with E-state index in [9.17, 15) is 4.79 Å². The normalized spacial score (nSPS) is 18.9. The summed E-state index contributed by atoms with van der Waals surface area (Å²) >= 11 is 6.42. The number of hydrogen-bond acceptors (Lipinski definition) is 4. The third-order valence-corrected chi connectivity index (χ3v) is 4.79. The molecule has 0 saturated heterocycles. The number of aromatic nitrogens is 2. The number of nitriles is 1. The second-order valence-electron chi connectivity index (χ2n) is 5.91. The Morgan fingerprint density at radius 3 is 3.08 bits per heavy atom. The third-order valence-electron chi connectivity index (χ3n) is 4.48. The molecule has 124 valence electrons. The fraction of sp³-hybridized carbons (Fsp3) is 0.389. The second-order valence-corrected chi connectivity index (χ2v) is 6.32. The van der Waals surface area contributed by atoms with E-state index in [1.165, 1.54) is 0 Å². The van der Waals surface area contributed by atoms with Crippen molar-refractivity contribution in [2.45, 2.75) is 38.1 Å². The number of imidazole rings is 1. The lowest BCUT2D eigenvalue weighted by atomic mass is 9.87. The second kappa shape index (κ2) is 6.66. The lowest BCUT2D eigenvalue weighted by Crippen LogP contribution is -2.42. The number of carbonyl (C=O) groups is 1. The Kier molecular flexibility index (Phi) is 4.59. The van der Waals surface area contributed by atoms with Gasteiger partial charge in [-0.3, -0.25) is 0 Å². The first-order chi connectivity index (χ1) is 11.6. The SMILES string of the molecule is CCCCOC(=O)C1(c2ccc(C#N)cc2Cl)CCc2cncn21. The highest BCUT2D eigenvalue weighted by Gasteiger charge is 2.49. The summed E-state index contributed by atoms with van der Waals surface area (Å²) in [6, 6.07) is 7.08. The van der Waals surface area contributed by atoms with E-state index in [0.717, 1.165) is 25.0 Å². The van der Waals surface area contributed by atoms with Crippen LogP contribution >= 0.6 is 11.6 Å². The molecule has 0 saturated carbocycles. The topological polar surface area (TPSA) is 67.9 Å². The Hall–Kier alpha value is -2.32. The minimum Gasteiger partial charge on any atom is -0.464 e. The Morgan fingerprint density at radius 2 is 2.38 bits per heavy atom. The summed E-state index contributed by atoms with van der Waals surface area (Å²) in [5.41, 5.74) is 1.08. The predicted octanol–water partition coefficient (Wildman–Crippen LogP) is 3.44. The van der Waals surface area contributed by atoms with Gasteiger partial charge in [-0.25, -0.2) is 9.78 Å². The number of aryl methyl sites for hydroxylation is 1. The molecular weight excluding hydrogens is 326 g/mol. The van der Waals surface area contributed by atoms with E-state index in [1.54, 1.807) is 30.7 Å². The van der Waals surface area contributed by atoms with Crippen LogP contribution in [0.25, 0.3) is 0 Å². The van der Waals surface area contributed by atoms with E-state index < -0.39 is 5.54 Å². The number of ether oxygens (including phenoxy) is 1. The van der Waals surface area contributed by atoms with Gasteiger partial charge in [-0.2, -0.15) is 5.26 Å². The van der Waals surface area contributed by atoms with Crippen LogP contribution in [0.15, 0.2) is 30.7 Å². The smallest absolute Gasteiger partial charge is 0.337 e. The number of rotatable bonds is 5. The summed E-state index contributed by atoms with van der Waals surface area (Å²) in [7, 11) is 0. The first-order valence-corrected chi connectivity index (χ1v) is 8.40. The van der Waals surface area contributed by atoms with Crippen molar-refractivity contribution in [2.75, 3.05) is 6.61 Å². The van der Waals surface area contributed by atoms with Crippen LogP contribution in [0.2, 0.25) is 5.02 Å². The van der Waals surface area contributed by atoms with Gasteiger partial charge in [-0.1, -0.05) is 31.0 Å². The van der Waals surface area contributed by atoms with Gasteiger partial charge in [0, 0.05) is 22.5 Å². The van der Waals surface area contributed by atoms with Gasteiger partial charge in [0.25, 0.3) is 0 Å². The fourth-order valence-electron chi connectivity index (χ4n) is 3.20. The van der Waals surface area contributed by atoms with E-state index in [0.29, 0.717) is 29.2 Å². The highest BCUT2D eigenvalue weighted by atomic mass is 35.5. The van der Waals surface area contributed by atoms with Gasteiger partial charge in [-0.15, -0.1) is 0 Å². The maximum Gasteiger partial charge on any atom is 0.337 e. The average molecular weight is 344 g/mol. The summed E-state index contributed by atoms with van der Waals surface area (Å²) in [4.78, 5) is 17.2. The predicted molar refractivity (Wildman–Crippen MR) is 89.7 cm³/mol. The molecule has 1 aromatic carbocycles. The van der Waals surface area contributed by atoms with Gasteiger partial charge in [0.1, 0.15) is 0 Å². The lowest BCUT2D eigenvalue weighted by Gasteiger charge is -2.30. The van der Waals surface area contributed by atoms with Crippen LogP contribution in [0.4, 0.5) is 0 Å². The number of carbonyl (C=O) groups excluding carboxylic acids is 1. The van der Waals surface area contributed by atoms with Gasteiger partial charge < -0.3 is 9.30 Å². The summed E-state index contributed by atoms with van der Waals surface area (Å²) in [5, 5.41) is 9.44. The first kappa shape index (κ1) is 16.5. The molecule has 0 amide bonds. The van der Waals surface area contributed by atoms with Crippen LogP contribution in [-0.2, 0) is 21.5 Å². The van der Waals surface area contributed by atoms with E-state index in [2.05, 4.69) is 11.1 Å². The Balaban J connectivity index is 2.08. The van der Waals surface area contributed by atoms with Gasteiger partial charge in [0.05, 0.1) is 24.6 Å². The van der Waals surface area contributed by atoms with Crippen LogP contribution in [0.5, 0.6) is 0 Å². The molecule has 0 spiro atoms. The largest absolute Gasteiger partial charge is 0.464 e. The summed E-state index contributed by atoms with van der Waals surface area (Å²) in [5.74, 6) is -0.320. The lowest BCUT2D eigenvalue weighted by molar-refractivity contribution is -0.152. The molecule has 1 aromatic heterocycles. The van der Waals surface area contributed by atoms with Crippen molar-refractivity contribution in [2.24, 2.45) is 0 Å². The van der Waals surface area contributed by atoms with Gasteiger partial charge in [0.15, 0.2) is 5.54 Å². The Labute approximate surface area is 145 Å². The van der Waals surface area contributed by atoms with Crippen LogP contribution in [0.1, 0.15) is 43.0 Å². The van der Waals surface area contributed by atoms with E-state index in [-0.39, 0.29) is 5.97 Å². The van der Waals surface area contributed by atoms with Crippen molar-refractivity contribution in [3.05, 3.63) is 52.6 Å². The van der Waals surface area contributed by atoms with Crippen molar-refractivity contribution < 1.29 is 9.53 Å². The molecule has 24 heavy (non-hydrogen) atoms. The van der Waals surface area contributed by atoms with Crippen LogP contribution in [0.3, 0.4) is 0 Å². The monoisotopic (exact) mass is 343 g/mol. The molecule has 0 fully saturated rings. The zero-order valence-electron chi connectivity index (χ0n) is 13.5. The van der Waals surface area contributed by atoms with E-state index in [4.69, 9.17) is 21.6 Å². The maximum absolute atomic E-state index is 13.0. The summed E-state index contributed by atoms with van der Waals surface area (Å²) in [6.45, 7) is 2.43. The zero-order valence-corrected chi connectivity index (χ0v) is 14.2. The van der Waals surface area contributed by atoms with Crippen LogP contribution in [-0.4, -0.2) is 22.1 Å². The number of fused-ring (bicyclic) bond motifs is 1. The fourth-order valence-corrected chi connectivity index (χ4v) is 3.54. The zero-order chi connectivity index (χ0) is 17.2.